The molecule has 0 bridgehead atoms. The number of aromatic nitrogens is 2. The zero-order valence-electron chi connectivity index (χ0n) is 14.6. The number of fused-ring (bicyclic) bond motifs is 1. The van der Waals surface area contributed by atoms with Gasteiger partial charge < -0.3 is 9.64 Å². The third kappa shape index (κ3) is 5.41. The van der Waals surface area contributed by atoms with Crippen molar-refractivity contribution in [3.8, 4) is 0 Å². The first-order valence-corrected chi connectivity index (χ1v) is 9.10. The Hall–Kier alpha value is -2.68. The lowest BCUT2D eigenvalue weighted by Gasteiger charge is -2.19. The molecule has 0 aliphatic carbocycles. The summed E-state index contributed by atoms with van der Waals surface area (Å²) in [5.74, 6) is -0.683. The van der Waals surface area contributed by atoms with Gasteiger partial charge in [0.25, 0.3) is 0 Å². The van der Waals surface area contributed by atoms with Crippen LogP contribution in [0.2, 0.25) is 0 Å². The second kappa shape index (κ2) is 9.71. The quantitative estimate of drug-likeness (QED) is 0.581. The van der Waals surface area contributed by atoms with Crippen LogP contribution in [0.25, 0.3) is 10.9 Å². The standard InChI is InChI=1S/C17H20N4O4S/c1-3-21(9-14(22)20-17(24)25-4-2)15(23)10-26-16-12-7-5-6-8-13(12)18-11-19-16/h5-8,11H,3-4,9-10H2,1-2H3,(H,20,22,24). The second-order valence-corrected chi connectivity index (χ2v) is 6.13. The summed E-state index contributed by atoms with van der Waals surface area (Å²) in [6.45, 7) is 3.71. The summed E-state index contributed by atoms with van der Waals surface area (Å²) in [5.41, 5.74) is 0.804. The first-order valence-electron chi connectivity index (χ1n) is 8.12. The summed E-state index contributed by atoms with van der Waals surface area (Å²) < 4.78 is 4.64. The van der Waals surface area contributed by atoms with Gasteiger partial charge in [0.2, 0.25) is 11.8 Å². The first-order chi connectivity index (χ1) is 12.5. The van der Waals surface area contributed by atoms with E-state index >= 15 is 0 Å². The topological polar surface area (TPSA) is 101 Å². The maximum atomic E-state index is 12.4. The summed E-state index contributed by atoms with van der Waals surface area (Å²) in [6.07, 6.45) is 0.641. The highest BCUT2D eigenvalue weighted by Gasteiger charge is 2.18. The molecule has 0 aliphatic rings. The number of rotatable bonds is 7. The first kappa shape index (κ1) is 19.6. The number of hydrogen-bond donors (Lipinski definition) is 1. The summed E-state index contributed by atoms with van der Waals surface area (Å²) in [5, 5.41) is 3.65. The van der Waals surface area contributed by atoms with Gasteiger partial charge in [0.15, 0.2) is 0 Å². The minimum absolute atomic E-state index is 0.127. The third-order valence-corrected chi connectivity index (χ3v) is 4.41. The van der Waals surface area contributed by atoms with Gasteiger partial charge in [0.05, 0.1) is 17.9 Å². The van der Waals surface area contributed by atoms with Crippen molar-refractivity contribution in [1.82, 2.24) is 20.2 Å². The van der Waals surface area contributed by atoms with E-state index in [1.165, 1.54) is 23.0 Å². The van der Waals surface area contributed by atoms with Gasteiger partial charge in [0.1, 0.15) is 17.9 Å². The maximum Gasteiger partial charge on any atom is 0.413 e. The Morgan fingerprint density at radius 1 is 1.19 bits per heavy atom. The van der Waals surface area contributed by atoms with Gasteiger partial charge in [-0.25, -0.2) is 14.8 Å². The number of benzene rings is 1. The van der Waals surface area contributed by atoms with Gasteiger partial charge in [-0.3, -0.25) is 14.9 Å². The number of likely N-dealkylation sites (N-methyl/N-ethyl adjacent to an activating group) is 1. The number of hydrogen-bond acceptors (Lipinski definition) is 7. The number of imide groups is 1. The van der Waals surface area contributed by atoms with Gasteiger partial charge in [-0.05, 0) is 19.9 Å². The van der Waals surface area contributed by atoms with Crippen LogP contribution in [0.3, 0.4) is 0 Å². The van der Waals surface area contributed by atoms with E-state index in [4.69, 9.17) is 0 Å². The minimum Gasteiger partial charge on any atom is -0.450 e. The van der Waals surface area contributed by atoms with Gasteiger partial charge in [-0.1, -0.05) is 30.0 Å². The molecule has 0 saturated carbocycles. The lowest BCUT2D eigenvalue weighted by atomic mass is 10.2. The van der Waals surface area contributed by atoms with E-state index in [0.717, 1.165) is 10.9 Å². The molecule has 1 aromatic carbocycles. The van der Waals surface area contributed by atoms with Crippen molar-refractivity contribution < 1.29 is 19.1 Å². The average Bonchev–Trinajstić information content (AvgIpc) is 2.64. The highest BCUT2D eigenvalue weighted by Crippen LogP contribution is 2.24. The average molecular weight is 376 g/mol. The number of carbonyl (C=O) groups excluding carboxylic acids is 3. The van der Waals surface area contributed by atoms with Crippen molar-refractivity contribution >= 4 is 40.6 Å². The number of amides is 3. The van der Waals surface area contributed by atoms with E-state index in [2.05, 4.69) is 20.0 Å². The van der Waals surface area contributed by atoms with Crippen LogP contribution in [0.1, 0.15) is 13.8 Å². The Balaban J connectivity index is 1.94. The van der Waals surface area contributed by atoms with E-state index in [1.54, 1.807) is 13.8 Å². The molecule has 26 heavy (non-hydrogen) atoms. The molecule has 0 radical (unpaired) electrons. The van der Waals surface area contributed by atoms with Crippen LogP contribution in [-0.4, -0.2) is 58.2 Å². The fraction of sp³-hybridized carbons (Fsp3) is 0.353. The minimum atomic E-state index is -0.817. The van der Waals surface area contributed by atoms with Crippen LogP contribution in [0, 0.1) is 0 Å². The van der Waals surface area contributed by atoms with Crippen molar-refractivity contribution in [3.05, 3.63) is 30.6 Å². The van der Waals surface area contributed by atoms with Crippen molar-refractivity contribution in [1.29, 1.82) is 0 Å². The normalized spacial score (nSPS) is 10.4. The number of ether oxygens (including phenoxy) is 1. The van der Waals surface area contributed by atoms with E-state index in [1.807, 2.05) is 24.3 Å². The molecule has 1 heterocycles. The lowest BCUT2D eigenvalue weighted by molar-refractivity contribution is -0.133. The number of carbonyl (C=O) groups is 3. The lowest BCUT2D eigenvalue weighted by Crippen LogP contribution is -2.43. The Labute approximate surface area is 155 Å². The molecular weight excluding hydrogens is 356 g/mol. The molecule has 2 aromatic rings. The molecule has 0 atom stereocenters. The monoisotopic (exact) mass is 376 g/mol. The van der Waals surface area contributed by atoms with Gasteiger partial charge in [-0.15, -0.1) is 0 Å². The molecule has 1 N–H and O–H groups in total. The van der Waals surface area contributed by atoms with Crippen LogP contribution in [0.5, 0.6) is 0 Å². The summed E-state index contributed by atoms with van der Waals surface area (Å²) in [6, 6.07) is 7.54. The van der Waals surface area contributed by atoms with Crippen molar-refractivity contribution in [3.63, 3.8) is 0 Å². The van der Waals surface area contributed by atoms with Crippen LogP contribution < -0.4 is 5.32 Å². The zero-order valence-corrected chi connectivity index (χ0v) is 15.4. The smallest absolute Gasteiger partial charge is 0.413 e. The predicted molar refractivity (Wildman–Crippen MR) is 97.7 cm³/mol. The van der Waals surface area contributed by atoms with Gasteiger partial charge >= 0.3 is 6.09 Å². The van der Waals surface area contributed by atoms with E-state index in [-0.39, 0.29) is 24.8 Å². The number of nitrogens with zero attached hydrogens (tertiary/aromatic N) is 3. The largest absolute Gasteiger partial charge is 0.450 e. The Morgan fingerprint density at radius 2 is 1.96 bits per heavy atom. The molecule has 2 rings (SSSR count). The molecule has 8 nitrogen and oxygen atoms in total. The number of alkyl carbamates (subject to hydrolysis) is 1. The van der Waals surface area contributed by atoms with Crippen molar-refractivity contribution in [2.24, 2.45) is 0 Å². The van der Waals surface area contributed by atoms with Crippen LogP contribution >= 0.6 is 11.8 Å². The molecule has 0 unspecified atom stereocenters. The zero-order chi connectivity index (χ0) is 18.9. The Morgan fingerprint density at radius 3 is 2.69 bits per heavy atom. The molecule has 0 aliphatic heterocycles. The van der Waals surface area contributed by atoms with Crippen LogP contribution in [0.15, 0.2) is 35.6 Å². The number of nitrogens with one attached hydrogen (secondary N) is 1. The molecule has 3 amide bonds. The molecule has 0 fully saturated rings. The summed E-state index contributed by atoms with van der Waals surface area (Å²) >= 11 is 1.29. The second-order valence-electron chi connectivity index (χ2n) is 5.16. The fourth-order valence-electron chi connectivity index (χ4n) is 2.19. The predicted octanol–water partition coefficient (Wildman–Crippen LogP) is 1.84. The van der Waals surface area contributed by atoms with E-state index in [9.17, 15) is 14.4 Å². The van der Waals surface area contributed by atoms with Gasteiger partial charge in [0, 0.05) is 11.9 Å². The SMILES string of the molecule is CCOC(=O)NC(=O)CN(CC)C(=O)CSc1ncnc2ccccc12. The molecule has 9 heteroatoms. The van der Waals surface area contributed by atoms with Crippen LogP contribution in [0.4, 0.5) is 4.79 Å². The van der Waals surface area contributed by atoms with E-state index in [0.29, 0.717) is 11.6 Å². The Kier molecular flexibility index (Phi) is 7.34. The van der Waals surface area contributed by atoms with Gasteiger partial charge in [-0.2, -0.15) is 0 Å². The third-order valence-electron chi connectivity index (χ3n) is 3.42. The highest BCUT2D eigenvalue weighted by atomic mass is 32.2. The molecule has 0 spiro atoms. The highest BCUT2D eigenvalue weighted by molar-refractivity contribution is 8.00. The maximum absolute atomic E-state index is 12.4. The Bertz CT molecular complexity index is 794. The molecule has 0 saturated heterocycles. The van der Waals surface area contributed by atoms with E-state index < -0.39 is 12.0 Å². The van der Waals surface area contributed by atoms with Crippen LogP contribution in [-0.2, 0) is 14.3 Å². The number of para-hydroxylation sites is 1. The molecular formula is C17H20N4O4S. The van der Waals surface area contributed by atoms with Crippen molar-refractivity contribution in [2.75, 3.05) is 25.4 Å². The summed E-state index contributed by atoms with van der Waals surface area (Å²) in [4.78, 5) is 45.2. The number of thioether (sulfide) groups is 1. The fourth-order valence-corrected chi connectivity index (χ4v) is 3.08. The summed E-state index contributed by atoms with van der Waals surface area (Å²) in [7, 11) is 0. The van der Waals surface area contributed by atoms with Crippen molar-refractivity contribution in [2.45, 2.75) is 18.9 Å². The molecule has 1 aromatic heterocycles. The molecule has 138 valence electrons.